The number of aromatic nitrogens is 4. The molecule has 3 aromatic heterocycles. The van der Waals surface area contributed by atoms with Crippen LogP contribution in [0, 0.1) is 0 Å². The van der Waals surface area contributed by atoms with Crippen LogP contribution in [-0.2, 0) is 0 Å². The van der Waals surface area contributed by atoms with Crippen LogP contribution in [-0.4, -0.2) is 19.7 Å². The standard InChI is InChI=1S/C9H5ClN4S/c10-9-11-3-1-7(13-9)14-8-6(5-12-14)2-4-15-8/h1-5H. The van der Waals surface area contributed by atoms with Crippen molar-refractivity contribution in [3.05, 3.63) is 35.2 Å². The molecule has 0 N–H and O–H groups in total. The van der Waals surface area contributed by atoms with Gasteiger partial charge in [-0.3, -0.25) is 0 Å². The van der Waals surface area contributed by atoms with Crippen LogP contribution in [0.1, 0.15) is 0 Å². The molecule has 0 amide bonds. The van der Waals surface area contributed by atoms with E-state index in [1.807, 2.05) is 17.6 Å². The summed E-state index contributed by atoms with van der Waals surface area (Å²) in [6.45, 7) is 0. The van der Waals surface area contributed by atoms with Crippen LogP contribution < -0.4 is 0 Å². The fraction of sp³-hybridized carbons (Fsp3) is 0. The van der Waals surface area contributed by atoms with E-state index in [9.17, 15) is 0 Å². The molecule has 0 saturated carbocycles. The molecule has 0 spiro atoms. The van der Waals surface area contributed by atoms with Crippen molar-refractivity contribution < 1.29 is 0 Å². The quantitative estimate of drug-likeness (QED) is 0.610. The number of rotatable bonds is 1. The van der Waals surface area contributed by atoms with Crippen LogP contribution >= 0.6 is 22.9 Å². The van der Waals surface area contributed by atoms with Crippen LogP contribution in [0.5, 0.6) is 0 Å². The van der Waals surface area contributed by atoms with Gasteiger partial charge in [-0.2, -0.15) is 10.1 Å². The third kappa shape index (κ3) is 1.40. The first-order valence-electron chi connectivity index (χ1n) is 4.25. The highest BCUT2D eigenvalue weighted by atomic mass is 35.5. The maximum Gasteiger partial charge on any atom is 0.224 e. The second kappa shape index (κ2) is 3.29. The van der Waals surface area contributed by atoms with Gasteiger partial charge in [-0.05, 0) is 23.0 Å². The van der Waals surface area contributed by atoms with E-state index in [-0.39, 0.29) is 5.28 Å². The normalized spacial score (nSPS) is 11.0. The van der Waals surface area contributed by atoms with E-state index in [0.717, 1.165) is 10.2 Å². The van der Waals surface area contributed by atoms with E-state index in [0.29, 0.717) is 5.82 Å². The first-order chi connectivity index (χ1) is 7.34. The fourth-order valence-electron chi connectivity index (χ4n) is 1.36. The van der Waals surface area contributed by atoms with Crippen LogP contribution in [0.4, 0.5) is 0 Å². The van der Waals surface area contributed by atoms with E-state index >= 15 is 0 Å². The first kappa shape index (κ1) is 8.82. The highest BCUT2D eigenvalue weighted by Gasteiger charge is 2.07. The topological polar surface area (TPSA) is 43.6 Å². The summed E-state index contributed by atoms with van der Waals surface area (Å²) >= 11 is 7.35. The van der Waals surface area contributed by atoms with E-state index in [4.69, 9.17) is 11.6 Å². The van der Waals surface area contributed by atoms with E-state index in [1.54, 1.807) is 28.3 Å². The Hall–Kier alpha value is -1.46. The molecular formula is C9H5ClN4S. The molecule has 0 aliphatic carbocycles. The predicted molar refractivity (Wildman–Crippen MR) is 59.5 cm³/mol. The van der Waals surface area contributed by atoms with Gasteiger partial charge in [0, 0.05) is 17.6 Å². The highest BCUT2D eigenvalue weighted by molar-refractivity contribution is 7.16. The Morgan fingerprint density at radius 3 is 3.13 bits per heavy atom. The van der Waals surface area contributed by atoms with E-state index < -0.39 is 0 Å². The molecule has 3 aromatic rings. The molecule has 0 fully saturated rings. The molecule has 0 atom stereocenters. The zero-order chi connectivity index (χ0) is 10.3. The van der Waals surface area contributed by atoms with E-state index in [1.165, 1.54) is 0 Å². The van der Waals surface area contributed by atoms with Crippen molar-refractivity contribution in [2.45, 2.75) is 0 Å². The molecule has 0 aromatic carbocycles. The van der Waals surface area contributed by atoms with Gasteiger partial charge in [0.05, 0.1) is 6.20 Å². The van der Waals surface area contributed by atoms with Crippen LogP contribution in [0.2, 0.25) is 5.28 Å². The van der Waals surface area contributed by atoms with Gasteiger partial charge < -0.3 is 0 Å². The average Bonchev–Trinajstić information content (AvgIpc) is 2.77. The molecule has 0 unspecified atom stereocenters. The molecule has 0 saturated heterocycles. The van der Waals surface area contributed by atoms with Gasteiger partial charge in [-0.1, -0.05) is 0 Å². The lowest BCUT2D eigenvalue weighted by Crippen LogP contribution is -1.98. The summed E-state index contributed by atoms with van der Waals surface area (Å²) in [5.74, 6) is 0.687. The van der Waals surface area contributed by atoms with Gasteiger partial charge in [0.2, 0.25) is 5.28 Å². The molecule has 0 bridgehead atoms. The van der Waals surface area contributed by atoms with Gasteiger partial charge in [0.15, 0.2) is 5.82 Å². The predicted octanol–water partition coefficient (Wildman–Crippen LogP) is 2.53. The Labute approximate surface area is 94.2 Å². The Morgan fingerprint density at radius 1 is 1.33 bits per heavy atom. The van der Waals surface area contributed by atoms with Crippen molar-refractivity contribution in [2.24, 2.45) is 0 Å². The molecule has 3 heterocycles. The van der Waals surface area contributed by atoms with Crippen molar-refractivity contribution >= 4 is 33.2 Å². The smallest absolute Gasteiger partial charge is 0.224 e. The van der Waals surface area contributed by atoms with Crippen molar-refractivity contribution in [2.75, 3.05) is 0 Å². The van der Waals surface area contributed by atoms with Crippen LogP contribution in [0.25, 0.3) is 16.0 Å². The maximum atomic E-state index is 5.73. The largest absolute Gasteiger partial charge is 0.226 e. The van der Waals surface area contributed by atoms with Crippen molar-refractivity contribution in [3.8, 4) is 5.82 Å². The molecule has 4 nitrogen and oxygen atoms in total. The van der Waals surface area contributed by atoms with Crippen molar-refractivity contribution in [3.63, 3.8) is 0 Å². The molecule has 74 valence electrons. The fourth-order valence-corrected chi connectivity index (χ4v) is 2.35. The number of hydrogen-bond donors (Lipinski definition) is 0. The van der Waals surface area contributed by atoms with Gasteiger partial charge in [0.25, 0.3) is 0 Å². The highest BCUT2D eigenvalue weighted by Crippen LogP contribution is 2.22. The SMILES string of the molecule is Clc1nccc(-n2ncc3ccsc32)n1. The molecule has 0 aliphatic heterocycles. The monoisotopic (exact) mass is 236 g/mol. The molecule has 3 rings (SSSR count). The summed E-state index contributed by atoms with van der Waals surface area (Å²) in [5.41, 5.74) is 0. The summed E-state index contributed by atoms with van der Waals surface area (Å²) in [7, 11) is 0. The van der Waals surface area contributed by atoms with E-state index in [2.05, 4.69) is 15.1 Å². The zero-order valence-electron chi connectivity index (χ0n) is 7.46. The van der Waals surface area contributed by atoms with Crippen molar-refractivity contribution in [1.29, 1.82) is 0 Å². The third-order valence-corrected chi connectivity index (χ3v) is 3.09. The third-order valence-electron chi connectivity index (χ3n) is 2.01. The van der Waals surface area contributed by atoms with Crippen LogP contribution in [0.3, 0.4) is 0 Å². The number of fused-ring (bicyclic) bond motifs is 1. The number of halogens is 1. The second-order valence-corrected chi connectivity index (χ2v) is 4.15. The number of nitrogens with zero attached hydrogens (tertiary/aromatic N) is 4. The molecule has 6 heteroatoms. The maximum absolute atomic E-state index is 5.73. The minimum Gasteiger partial charge on any atom is -0.226 e. The summed E-state index contributed by atoms with van der Waals surface area (Å²) in [6, 6.07) is 3.80. The zero-order valence-corrected chi connectivity index (χ0v) is 9.03. The molecule has 15 heavy (non-hydrogen) atoms. The van der Waals surface area contributed by atoms with Crippen LogP contribution in [0.15, 0.2) is 29.9 Å². The van der Waals surface area contributed by atoms with Gasteiger partial charge >= 0.3 is 0 Å². The second-order valence-electron chi connectivity index (χ2n) is 2.92. The minimum atomic E-state index is 0.229. The number of thiophene rings is 1. The Kier molecular flexibility index (Phi) is 1.93. The molecule has 0 aliphatic rings. The Balaban J connectivity index is 2.26. The van der Waals surface area contributed by atoms with Crippen molar-refractivity contribution in [1.82, 2.24) is 19.7 Å². The Bertz CT molecular complexity index is 615. The first-order valence-corrected chi connectivity index (χ1v) is 5.50. The number of hydrogen-bond acceptors (Lipinski definition) is 4. The van der Waals surface area contributed by atoms with Gasteiger partial charge in [0.1, 0.15) is 4.83 Å². The summed E-state index contributed by atoms with van der Waals surface area (Å²) in [6.07, 6.45) is 3.42. The Morgan fingerprint density at radius 2 is 2.27 bits per heavy atom. The molecular weight excluding hydrogens is 232 g/mol. The summed E-state index contributed by atoms with van der Waals surface area (Å²) < 4.78 is 1.76. The molecule has 0 radical (unpaired) electrons. The lowest BCUT2D eigenvalue weighted by atomic mass is 10.4. The summed E-state index contributed by atoms with van der Waals surface area (Å²) in [4.78, 5) is 9.00. The lowest BCUT2D eigenvalue weighted by molar-refractivity contribution is 0.871. The summed E-state index contributed by atoms with van der Waals surface area (Å²) in [5, 5.41) is 7.60. The van der Waals surface area contributed by atoms with Gasteiger partial charge in [-0.25, -0.2) is 9.67 Å². The minimum absolute atomic E-state index is 0.229. The lowest BCUT2D eigenvalue weighted by Gasteiger charge is -1.99. The average molecular weight is 237 g/mol. The van der Waals surface area contributed by atoms with Gasteiger partial charge in [-0.15, -0.1) is 11.3 Å².